The van der Waals surface area contributed by atoms with E-state index in [0.717, 1.165) is 0 Å². The molecule has 20 nitrogen and oxygen atoms in total. The molecule has 3 fully saturated rings. The van der Waals surface area contributed by atoms with E-state index in [-0.39, 0.29) is 6.61 Å². The van der Waals surface area contributed by atoms with Gasteiger partial charge >= 0.3 is 11.9 Å². The van der Waals surface area contributed by atoms with E-state index < -0.39 is 123 Å². The number of aliphatic hydroxyl groups excluding tert-OH is 9. The zero-order chi connectivity index (χ0) is 31.0. The summed E-state index contributed by atoms with van der Waals surface area (Å²) in [5.41, 5.74) is 5.55. The molecule has 3 aliphatic rings. The normalized spacial score (nSPS) is 47.0. The maximum atomic E-state index is 12.4. The minimum absolute atomic E-state index is 0.259. The van der Waals surface area contributed by atoms with Gasteiger partial charge in [0, 0.05) is 6.42 Å². The van der Waals surface area contributed by atoms with E-state index in [2.05, 4.69) is 0 Å². The Balaban J connectivity index is 1.87. The van der Waals surface area contributed by atoms with Gasteiger partial charge in [-0.3, -0.25) is 0 Å². The van der Waals surface area contributed by atoms with Crippen LogP contribution < -0.4 is 5.73 Å². The van der Waals surface area contributed by atoms with Crippen LogP contribution in [-0.2, 0) is 33.3 Å². The fourth-order valence-electron chi connectivity index (χ4n) is 4.66. The van der Waals surface area contributed by atoms with Crippen LogP contribution in [0.1, 0.15) is 6.42 Å². The fourth-order valence-corrected chi connectivity index (χ4v) is 4.66. The molecule has 0 unspecified atom stereocenters. The van der Waals surface area contributed by atoms with Gasteiger partial charge in [0.15, 0.2) is 6.29 Å². The molecular weight excluding hydrogens is 570 g/mol. The summed E-state index contributed by atoms with van der Waals surface area (Å²) in [6, 6.07) is -0.958. The number of ether oxygens (including phenoxy) is 5. The molecule has 0 spiro atoms. The van der Waals surface area contributed by atoms with Crippen LogP contribution in [0, 0.1) is 0 Å². The van der Waals surface area contributed by atoms with E-state index in [1.54, 1.807) is 0 Å². The molecule has 0 saturated carbocycles. The molecule has 3 saturated heterocycles. The average molecular weight is 605 g/mol. The SMILES string of the molecule is N[C@H]1CO[C@@H](OC[C@@H](O)[C@H]2O[C@@](O[C@@H]3C[C@](O)(C(=O)O)O[C@H]([C@H](O)CO)[C@@H]3O)(C(=O)O)[C@@H](O)[C@@H](O)[C@H]2O)[C@H](O)[C@H]1O. The predicted molar refractivity (Wildman–Crippen MR) is 121 cm³/mol. The molecule has 0 bridgehead atoms. The lowest BCUT2D eigenvalue weighted by atomic mass is 9.88. The van der Waals surface area contributed by atoms with Crippen molar-refractivity contribution < 1.29 is 94.6 Å². The van der Waals surface area contributed by atoms with Gasteiger partial charge in [-0.2, -0.15) is 0 Å². The Morgan fingerprint density at radius 1 is 0.878 bits per heavy atom. The van der Waals surface area contributed by atoms with E-state index in [4.69, 9.17) is 29.4 Å². The molecule has 0 radical (unpaired) electrons. The maximum absolute atomic E-state index is 12.4. The molecule has 20 heteroatoms. The summed E-state index contributed by atoms with van der Waals surface area (Å²) in [6.45, 7) is -2.27. The Labute approximate surface area is 230 Å². The van der Waals surface area contributed by atoms with Gasteiger partial charge in [0.05, 0.1) is 32.0 Å². The van der Waals surface area contributed by atoms with Crippen molar-refractivity contribution in [1.82, 2.24) is 0 Å². The van der Waals surface area contributed by atoms with Gasteiger partial charge < -0.3 is 90.7 Å². The van der Waals surface area contributed by atoms with Gasteiger partial charge in [-0.15, -0.1) is 0 Å². The van der Waals surface area contributed by atoms with Crippen LogP contribution >= 0.6 is 0 Å². The molecule has 15 atom stereocenters. The van der Waals surface area contributed by atoms with E-state index in [0.29, 0.717) is 0 Å². The number of carbonyl (C=O) groups is 2. The molecule has 3 aliphatic heterocycles. The van der Waals surface area contributed by atoms with E-state index in [1.807, 2.05) is 0 Å². The van der Waals surface area contributed by atoms with E-state index in [9.17, 15) is 70.9 Å². The maximum Gasteiger partial charge on any atom is 0.367 e. The van der Waals surface area contributed by atoms with Gasteiger partial charge in [-0.25, -0.2) is 9.59 Å². The number of rotatable bonds is 10. The van der Waals surface area contributed by atoms with Gasteiger partial charge in [0.1, 0.15) is 61.0 Å². The quantitative estimate of drug-likeness (QED) is 0.110. The Morgan fingerprint density at radius 3 is 2.05 bits per heavy atom. The van der Waals surface area contributed by atoms with Gasteiger partial charge in [-0.05, 0) is 0 Å². The molecule has 0 aromatic heterocycles. The highest BCUT2D eigenvalue weighted by molar-refractivity contribution is 5.77. The second kappa shape index (κ2) is 12.9. The summed E-state index contributed by atoms with van der Waals surface area (Å²) in [5, 5.41) is 122. The largest absolute Gasteiger partial charge is 0.477 e. The van der Waals surface area contributed by atoms with Crippen LogP contribution in [0.15, 0.2) is 0 Å². The van der Waals surface area contributed by atoms with Crippen molar-refractivity contribution in [2.45, 2.75) is 97.5 Å². The van der Waals surface area contributed by atoms with Crippen LogP contribution in [0.2, 0.25) is 0 Å². The number of hydrogen-bond acceptors (Lipinski definition) is 18. The lowest BCUT2D eigenvalue weighted by Gasteiger charge is -2.50. The van der Waals surface area contributed by atoms with E-state index >= 15 is 0 Å². The van der Waals surface area contributed by atoms with E-state index in [1.165, 1.54) is 0 Å². The molecule has 0 aliphatic carbocycles. The summed E-state index contributed by atoms with van der Waals surface area (Å²) in [7, 11) is 0. The standard InChI is InChI=1S/C21H35NO19/c22-5-3-37-17(13(30)9(5)26)38-4-7(25)15-11(28)12(29)16(31)21(41-15,19(34)35)39-8-1-20(36,18(32)33)40-14(10(8)27)6(24)2-23/h5-17,23-31,36H,1-4,22H2,(H,32,33)(H,34,35)/t5-,6+,7+,8+,9-,10+,11+,12-,13+,14+,15+,16-,17-,20+,21+/m0/s1. The van der Waals surface area contributed by atoms with Crippen molar-refractivity contribution in [2.24, 2.45) is 5.73 Å². The van der Waals surface area contributed by atoms with Crippen molar-refractivity contribution >= 4 is 11.9 Å². The van der Waals surface area contributed by atoms with Crippen LogP contribution in [0.5, 0.6) is 0 Å². The van der Waals surface area contributed by atoms with Crippen molar-refractivity contribution in [3.8, 4) is 0 Å². The van der Waals surface area contributed by atoms with Gasteiger partial charge in [0.25, 0.3) is 11.6 Å². The fraction of sp³-hybridized carbons (Fsp3) is 0.905. The van der Waals surface area contributed by atoms with Crippen LogP contribution in [-0.4, -0.2) is 184 Å². The first-order valence-electron chi connectivity index (χ1n) is 12.3. The Bertz CT molecular complexity index is 927. The average Bonchev–Trinajstić information content (AvgIpc) is 2.92. The van der Waals surface area contributed by atoms with Gasteiger partial charge in [-0.1, -0.05) is 0 Å². The molecular formula is C21H35NO19. The monoisotopic (exact) mass is 605 g/mol. The topological polar surface area (TPSA) is 349 Å². The van der Waals surface area contributed by atoms with Gasteiger partial charge in [0.2, 0.25) is 0 Å². The Kier molecular flexibility index (Phi) is 10.6. The minimum atomic E-state index is -3.47. The molecule has 0 amide bonds. The zero-order valence-corrected chi connectivity index (χ0v) is 21.1. The number of carboxylic acids is 2. The summed E-state index contributed by atoms with van der Waals surface area (Å²) < 4.78 is 25.6. The summed E-state index contributed by atoms with van der Waals surface area (Å²) in [6.07, 6.45) is -25.9. The number of aliphatic carboxylic acids is 2. The molecule has 3 rings (SSSR count). The summed E-state index contributed by atoms with van der Waals surface area (Å²) >= 11 is 0. The lowest BCUT2D eigenvalue weighted by Crippen LogP contribution is -2.73. The third-order valence-corrected chi connectivity index (χ3v) is 7.09. The molecule has 238 valence electrons. The molecule has 3 heterocycles. The third-order valence-electron chi connectivity index (χ3n) is 7.09. The highest BCUT2D eigenvalue weighted by Crippen LogP contribution is 2.39. The van der Waals surface area contributed by atoms with Crippen LogP contribution in [0.3, 0.4) is 0 Å². The minimum Gasteiger partial charge on any atom is -0.477 e. The predicted octanol–water partition coefficient (Wildman–Crippen LogP) is -8.31. The first-order chi connectivity index (χ1) is 19.0. The van der Waals surface area contributed by atoms with Crippen molar-refractivity contribution in [3.05, 3.63) is 0 Å². The number of nitrogens with two attached hydrogens (primary N) is 1. The number of carboxylic acid groups (broad SMARTS) is 2. The first-order valence-corrected chi connectivity index (χ1v) is 12.3. The van der Waals surface area contributed by atoms with Crippen molar-refractivity contribution in [1.29, 1.82) is 0 Å². The second-order valence-corrected chi connectivity index (χ2v) is 10.0. The molecule has 41 heavy (non-hydrogen) atoms. The molecule has 14 N–H and O–H groups in total. The Morgan fingerprint density at radius 2 is 1.49 bits per heavy atom. The van der Waals surface area contributed by atoms with Crippen LogP contribution in [0.4, 0.5) is 0 Å². The summed E-state index contributed by atoms with van der Waals surface area (Å²) in [5.74, 6) is -11.0. The third kappa shape index (κ3) is 6.47. The number of aliphatic hydroxyl groups is 10. The van der Waals surface area contributed by atoms with Crippen molar-refractivity contribution in [2.75, 3.05) is 19.8 Å². The highest BCUT2D eigenvalue weighted by Gasteiger charge is 2.64. The highest BCUT2D eigenvalue weighted by atomic mass is 16.8. The first kappa shape index (κ1) is 33.8. The smallest absolute Gasteiger partial charge is 0.367 e. The second-order valence-electron chi connectivity index (χ2n) is 10.0. The lowest BCUT2D eigenvalue weighted by molar-refractivity contribution is -0.393. The summed E-state index contributed by atoms with van der Waals surface area (Å²) in [4.78, 5) is 24.0. The van der Waals surface area contributed by atoms with Crippen LogP contribution in [0.25, 0.3) is 0 Å². The Hall–Kier alpha value is -1.70. The number of hydrogen-bond donors (Lipinski definition) is 13. The zero-order valence-electron chi connectivity index (χ0n) is 21.1. The molecule has 0 aromatic carbocycles. The molecule has 0 aromatic rings. The van der Waals surface area contributed by atoms with Crippen molar-refractivity contribution in [3.63, 3.8) is 0 Å².